The Hall–Kier alpha value is -1.78. The molecule has 0 spiro atoms. The number of hydrogen-bond donors (Lipinski definition) is 0. The van der Waals surface area contributed by atoms with Crippen molar-refractivity contribution in [2.75, 3.05) is 37.7 Å². The standard InChI is InChI=1S/C19H22ClFN2O/c1-2-24-19-9-4-3-8-18(19)23-12-10-22(11-13-23)14-15-16(20)6-5-7-17(15)21/h3-9H,2,10-14H2,1H3. The number of anilines is 1. The van der Waals surface area contributed by atoms with E-state index in [4.69, 9.17) is 16.3 Å². The van der Waals surface area contributed by atoms with Crippen molar-refractivity contribution < 1.29 is 9.13 Å². The number of nitrogens with zero attached hydrogens (tertiary/aromatic N) is 2. The summed E-state index contributed by atoms with van der Waals surface area (Å²) in [6, 6.07) is 13.0. The minimum Gasteiger partial charge on any atom is -0.492 e. The van der Waals surface area contributed by atoms with Crippen LogP contribution in [0, 0.1) is 5.82 Å². The highest BCUT2D eigenvalue weighted by molar-refractivity contribution is 6.31. The number of ether oxygens (including phenoxy) is 1. The van der Waals surface area contributed by atoms with Crippen LogP contribution in [0.1, 0.15) is 12.5 Å². The summed E-state index contributed by atoms with van der Waals surface area (Å²) in [7, 11) is 0. The third kappa shape index (κ3) is 3.82. The van der Waals surface area contributed by atoms with E-state index in [0.29, 0.717) is 23.7 Å². The fraction of sp³-hybridized carbons (Fsp3) is 0.368. The predicted molar refractivity (Wildman–Crippen MR) is 96.5 cm³/mol. The normalized spacial score (nSPS) is 15.5. The van der Waals surface area contributed by atoms with Gasteiger partial charge < -0.3 is 9.64 Å². The van der Waals surface area contributed by atoms with Crippen LogP contribution < -0.4 is 9.64 Å². The van der Waals surface area contributed by atoms with Gasteiger partial charge in [0, 0.05) is 43.3 Å². The van der Waals surface area contributed by atoms with Crippen molar-refractivity contribution >= 4 is 17.3 Å². The van der Waals surface area contributed by atoms with E-state index >= 15 is 0 Å². The summed E-state index contributed by atoms with van der Waals surface area (Å²) in [6.07, 6.45) is 0. The summed E-state index contributed by atoms with van der Waals surface area (Å²) in [5.74, 6) is 0.692. The van der Waals surface area contributed by atoms with Crippen LogP contribution in [-0.4, -0.2) is 37.7 Å². The Morgan fingerprint density at radius 2 is 1.79 bits per heavy atom. The van der Waals surface area contributed by atoms with Gasteiger partial charge in [-0.05, 0) is 31.2 Å². The van der Waals surface area contributed by atoms with Gasteiger partial charge >= 0.3 is 0 Å². The third-order valence-corrected chi connectivity index (χ3v) is 4.68. The molecule has 24 heavy (non-hydrogen) atoms. The van der Waals surface area contributed by atoms with Crippen LogP contribution in [0.4, 0.5) is 10.1 Å². The van der Waals surface area contributed by atoms with Gasteiger partial charge in [0.15, 0.2) is 0 Å². The molecule has 0 aliphatic carbocycles. The van der Waals surface area contributed by atoms with E-state index in [9.17, 15) is 4.39 Å². The van der Waals surface area contributed by atoms with Crippen molar-refractivity contribution in [1.29, 1.82) is 0 Å². The molecule has 1 aliphatic heterocycles. The molecule has 128 valence electrons. The SMILES string of the molecule is CCOc1ccccc1N1CCN(Cc2c(F)cccc2Cl)CC1. The van der Waals surface area contributed by atoms with Gasteiger partial charge in [-0.1, -0.05) is 29.8 Å². The summed E-state index contributed by atoms with van der Waals surface area (Å²) in [5.41, 5.74) is 1.71. The monoisotopic (exact) mass is 348 g/mol. The van der Waals surface area contributed by atoms with Gasteiger partial charge in [-0.2, -0.15) is 0 Å². The summed E-state index contributed by atoms with van der Waals surface area (Å²) >= 11 is 6.14. The molecule has 0 radical (unpaired) electrons. The Balaban J connectivity index is 1.64. The van der Waals surface area contributed by atoms with Crippen molar-refractivity contribution in [3.05, 3.63) is 58.9 Å². The van der Waals surface area contributed by atoms with E-state index in [1.54, 1.807) is 12.1 Å². The number of para-hydroxylation sites is 2. The van der Waals surface area contributed by atoms with E-state index in [1.165, 1.54) is 6.07 Å². The van der Waals surface area contributed by atoms with Gasteiger partial charge in [-0.3, -0.25) is 4.90 Å². The molecule has 1 heterocycles. The average molecular weight is 349 g/mol. The van der Waals surface area contributed by atoms with Gasteiger partial charge in [0.25, 0.3) is 0 Å². The highest BCUT2D eigenvalue weighted by atomic mass is 35.5. The fourth-order valence-electron chi connectivity index (χ4n) is 3.05. The molecular weight excluding hydrogens is 327 g/mol. The molecule has 3 rings (SSSR count). The molecule has 1 fully saturated rings. The molecule has 0 saturated carbocycles. The molecule has 0 amide bonds. The second-order valence-corrected chi connectivity index (χ2v) is 6.27. The van der Waals surface area contributed by atoms with Crippen LogP contribution in [0.5, 0.6) is 5.75 Å². The second-order valence-electron chi connectivity index (χ2n) is 5.86. The zero-order valence-corrected chi connectivity index (χ0v) is 14.6. The molecule has 1 saturated heterocycles. The summed E-state index contributed by atoms with van der Waals surface area (Å²) in [4.78, 5) is 4.56. The van der Waals surface area contributed by atoms with Crippen molar-refractivity contribution in [2.24, 2.45) is 0 Å². The first-order valence-corrected chi connectivity index (χ1v) is 8.69. The second kappa shape index (κ2) is 7.86. The predicted octanol–water partition coefficient (Wildman–Crippen LogP) is 4.20. The van der Waals surface area contributed by atoms with Crippen molar-refractivity contribution in [3.8, 4) is 5.75 Å². The quantitative estimate of drug-likeness (QED) is 0.805. The molecule has 0 N–H and O–H groups in total. The Morgan fingerprint density at radius 1 is 1.04 bits per heavy atom. The maximum atomic E-state index is 13.9. The molecule has 2 aromatic carbocycles. The first-order valence-electron chi connectivity index (χ1n) is 8.31. The Bertz CT molecular complexity index is 667. The van der Waals surface area contributed by atoms with E-state index < -0.39 is 0 Å². The van der Waals surface area contributed by atoms with Crippen molar-refractivity contribution in [3.63, 3.8) is 0 Å². The number of halogens is 2. The molecule has 3 nitrogen and oxygen atoms in total. The zero-order chi connectivity index (χ0) is 16.9. The maximum Gasteiger partial charge on any atom is 0.142 e. The van der Waals surface area contributed by atoms with Crippen LogP contribution in [0.2, 0.25) is 5.02 Å². The van der Waals surface area contributed by atoms with E-state index in [-0.39, 0.29) is 5.82 Å². The average Bonchev–Trinajstić information content (AvgIpc) is 2.60. The lowest BCUT2D eigenvalue weighted by atomic mass is 10.1. The Kier molecular flexibility index (Phi) is 5.59. The highest BCUT2D eigenvalue weighted by Crippen LogP contribution is 2.29. The van der Waals surface area contributed by atoms with Gasteiger partial charge in [0.1, 0.15) is 11.6 Å². The maximum absolute atomic E-state index is 13.9. The van der Waals surface area contributed by atoms with Crippen LogP contribution >= 0.6 is 11.6 Å². The van der Waals surface area contributed by atoms with E-state index in [2.05, 4.69) is 15.9 Å². The third-order valence-electron chi connectivity index (χ3n) is 4.32. The largest absolute Gasteiger partial charge is 0.492 e. The number of piperazine rings is 1. The fourth-order valence-corrected chi connectivity index (χ4v) is 3.27. The van der Waals surface area contributed by atoms with Gasteiger partial charge in [0.2, 0.25) is 0 Å². The van der Waals surface area contributed by atoms with Crippen LogP contribution in [0.15, 0.2) is 42.5 Å². The number of hydrogen-bond acceptors (Lipinski definition) is 3. The van der Waals surface area contributed by atoms with Crippen LogP contribution in [-0.2, 0) is 6.54 Å². The summed E-state index contributed by atoms with van der Waals surface area (Å²) in [5, 5.41) is 0.499. The first-order chi connectivity index (χ1) is 11.7. The lowest BCUT2D eigenvalue weighted by molar-refractivity contribution is 0.245. The summed E-state index contributed by atoms with van der Waals surface area (Å²) in [6.45, 7) is 6.70. The molecular formula is C19H22ClFN2O. The van der Waals surface area contributed by atoms with Crippen molar-refractivity contribution in [1.82, 2.24) is 4.90 Å². The zero-order valence-electron chi connectivity index (χ0n) is 13.8. The van der Waals surface area contributed by atoms with Gasteiger partial charge in [0.05, 0.1) is 12.3 Å². The molecule has 0 atom stereocenters. The molecule has 0 unspecified atom stereocenters. The minimum absolute atomic E-state index is 0.230. The molecule has 0 aromatic heterocycles. The van der Waals surface area contributed by atoms with Crippen LogP contribution in [0.25, 0.3) is 0 Å². The smallest absolute Gasteiger partial charge is 0.142 e. The van der Waals surface area contributed by atoms with Crippen LogP contribution in [0.3, 0.4) is 0 Å². The summed E-state index contributed by atoms with van der Waals surface area (Å²) < 4.78 is 19.7. The van der Waals surface area contributed by atoms with E-state index in [1.807, 2.05) is 25.1 Å². The van der Waals surface area contributed by atoms with Gasteiger partial charge in [-0.25, -0.2) is 4.39 Å². The minimum atomic E-state index is -0.230. The number of rotatable bonds is 5. The van der Waals surface area contributed by atoms with E-state index in [0.717, 1.165) is 37.6 Å². The lowest BCUT2D eigenvalue weighted by Crippen LogP contribution is -2.46. The molecule has 2 aromatic rings. The topological polar surface area (TPSA) is 15.7 Å². The Morgan fingerprint density at radius 3 is 2.50 bits per heavy atom. The Labute approximate surface area is 147 Å². The molecule has 0 bridgehead atoms. The van der Waals surface area contributed by atoms with Crippen molar-refractivity contribution in [2.45, 2.75) is 13.5 Å². The molecule has 5 heteroatoms. The lowest BCUT2D eigenvalue weighted by Gasteiger charge is -2.36. The highest BCUT2D eigenvalue weighted by Gasteiger charge is 2.21. The number of benzene rings is 2. The first kappa shape index (κ1) is 17.1. The molecule has 1 aliphatic rings. The van der Waals surface area contributed by atoms with Gasteiger partial charge in [-0.15, -0.1) is 0 Å².